The first-order valence-electron chi connectivity index (χ1n) is 6.13. The predicted molar refractivity (Wildman–Crippen MR) is 59.5 cm³/mol. The number of cyclic esters (lactones) is 1. The molecule has 2 heterocycles. The van der Waals surface area contributed by atoms with Gasteiger partial charge in [-0.25, -0.2) is 4.79 Å². The molecule has 5 nitrogen and oxygen atoms in total. The van der Waals surface area contributed by atoms with Crippen LogP contribution in [-0.4, -0.2) is 61.4 Å². The van der Waals surface area contributed by atoms with Gasteiger partial charge in [0.25, 0.3) is 0 Å². The minimum atomic E-state index is -0.394. The number of esters is 1. The van der Waals surface area contributed by atoms with Crippen LogP contribution in [0, 0.1) is 5.21 Å². The minimum absolute atomic E-state index is 0.00611. The number of nitrogens with zero attached hydrogens (tertiary/aromatic N) is 2. The van der Waals surface area contributed by atoms with E-state index in [1.165, 1.54) is 19.3 Å². The first-order valence-corrected chi connectivity index (χ1v) is 6.13. The summed E-state index contributed by atoms with van der Waals surface area (Å²) in [4.78, 5) is 13.4. The Morgan fingerprint density at radius 1 is 1.31 bits per heavy atom. The van der Waals surface area contributed by atoms with Gasteiger partial charge in [-0.15, -0.1) is 0 Å². The molecule has 92 valence electrons. The van der Waals surface area contributed by atoms with Crippen LogP contribution in [0.4, 0.5) is 0 Å². The highest BCUT2D eigenvalue weighted by Crippen LogP contribution is 2.12. The monoisotopic (exact) mass is 228 g/mol. The molecule has 0 bridgehead atoms. The second kappa shape index (κ2) is 5.12. The molecule has 16 heavy (non-hydrogen) atoms. The molecule has 0 aromatic rings. The Kier molecular flexibility index (Phi) is 3.78. The van der Waals surface area contributed by atoms with Crippen molar-refractivity contribution in [2.45, 2.75) is 19.3 Å². The zero-order valence-electron chi connectivity index (χ0n) is 9.69. The zero-order valence-corrected chi connectivity index (χ0v) is 9.69. The van der Waals surface area contributed by atoms with Crippen LogP contribution in [0.1, 0.15) is 19.3 Å². The molecule has 0 radical (unpaired) electrons. The van der Waals surface area contributed by atoms with Gasteiger partial charge in [0, 0.05) is 6.54 Å². The molecule has 5 heteroatoms. The third-order valence-corrected chi connectivity index (χ3v) is 3.45. The molecule has 0 aliphatic carbocycles. The van der Waals surface area contributed by atoms with E-state index in [9.17, 15) is 10.0 Å². The molecule has 2 fully saturated rings. The van der Waals surface area contributed by atoms with Gasteiger partial charge in [-0.3, -0.25) is 4.90 Å². The lowest BCUT2D eigenvalue weighted by Crippen LogP contribution is -2.55. The second-order valence-corrected chi connectivity index (χ2v) is 4.79. The smallest absolute Gasteiger partial charge is 0.362 e. The zero-order chi connectivity index (χ0) is 11.4. The van der Waals surface area contributed by atoms with E-state index in [1.54, 1.807) is 0 Å². The lowest BCUT2D eigenvalue weighted by Gasteiger charge is -2.45. The van der Waals surface area contributed by atoms with Crippen molar-refractivity contribution < 1.29 is 14.2 Å². The quantitative estimate of drug-likeness (QED) is 0.397. The summed E-state index contributed by atoms with van der Waals surface area (Å²) in [5, 5.41) is 12.2. The van der Waals surface area contributed by atoms with Crippen molar-refractivity contribution in [1.82, 2.24) is 4.90 Å². The van der Waals surface area contributed by atoms with Crippen LogP contribution in [0.3, 0.4) is 0 Å². The number of carbonyl (C=O) groups is 1. The maximum atomic E-state index is 12.2. The van der Waals surface area contributed by atoms with Crippen molar-refractivity contribution >= 4 is 5.97 Å². The normalized spacial score (nSPS) is 32.4. The highest BCUT2D eigenvalue weighted by atomic mass is 16.6. The summed E-state index contributed by atoms with van der Waals surface area (Å²) in [7, 11) is 0. The molecule has 2 saturated heterocycles. The molecular weight excluding hydrogens is 208 g/mol. The van der Waals surface area contributed by atoms with Crippen LogP contribution < -0.4 is 0 Å². The van der Waals surface area contributed by atoms with Gasteiger partial charge in [0.05, 0.1) is 6.54 Å². The summed E-state index contributed by atoms with van der Waals surface area (Å²) in [6, 6.07) is 0. The molecule has 2 aliphatic heterocycles. The molecule has 0 aromatic heterocycles. The molecule has 2 aliphatic rings. The summed E-state index contributed by atoms with van der Waals surface area (Å²) < 4.78 is 4.40. The molecule has 0 amide bonds. The highest BCUT2D eigenvalue weighted by Gasteiger charge is 2.28. The molecular formula is C11H20N2O3. The number of hydrogen-bond donors (Lipinski definition) is 0. The van der Waals surface area contributed by atoms with Gasteiger partial charge in [-0.05, 0) is 25.9 Å². The van der Waals surface area contributed by atoms with E-state index in [4.69, 9.17) is 4.74 Å². The number of ether oxygens (including phenoxy) is 1. The average Bonchev–Trinajstić information content (AvgIpc) is 2.28. The van der Waals surface area contributed by atoms with Crippen molar-refractivity contribution in [3.05, 3.63) is 5.21 Å². The van der Waals surface area contributed by atoms with Gasteiger partial charge < -0.3 is 14.6 Å². The molecule has 0 spiro atoms. The molecule has 0 aromatic carbocycles. The van der Waals surface area contributed by atoms with Crippen molar-refractivity contribution in [3.8, 4) is 0 Å². The summed E-state index contributed by atoms with van der Waals surface area (Å²) >= 11 is 0. The number of hydrogen-bond acceptors (Lipinski definition) is 4. The van der Waals surface area contributed by atoms with Crippen LogP contribution in [0.15, 0.2) is 0 Å². The van der Waals surface area contributed by atoms with Crippen molar-refractivity contribution in [1.29, 1.82) is 0 Å². The van der Waals surface area contributed by atoms with Crippen LogP contribution >= 0.6 is 0 Å². The SMILES string of the molecule is O=C1C[N+]([O-])(CCN2CCCCC2)CCO1. The Labute approximate surface area is 96.1 Å². The van der Waals surface area contributed by atoms with Gasteiger partial charge in [-0.2, -0.15) is 0 Å². The van der Waals surface area contributed by atoms with E-state index < -0.39 is 4.65 Å². The third kappa shape index (κ3) is 3.17. The fourth-order valence-electron chi connectivity index (χ4n) is 2.38. The van der Waals surface area contributed by atoms with Crippen LogP contribution in [-0.2, 0) is 9.53 Å². The Hall–Kier alpha value is -0.650. The number of carbonyl (C=O) groups excluding carboxylic acids is 1. The fraction of sp³-hybridized carbons (Fsp3) is 0.909. The molecule has 1 atom stereocenters. The largest absolute Gasteiger partial charge is 0.632 e. The summed E-state index contributed by atoms with van der Waals surface area (Å²) in [6.45, 7) is 4.23. The van der Waals surface area contributed by atoms with Gasteiger partial charge in [-0.1, -0.05) is 6.42 Å². The lowest BCUT2D eigenvalue weighted by atomic mass is 10.1. The van der Waals surface area contributed by atoms with E-state index in [2.05, 4.69) is 4.90 Å². The van der Waals surface area contributed by atoms with Crippen LogP contribution in [0.5, 0.6) is 0 Å². The number of rotatable bonds is 3. The van der Waals surface area contributed by atoms with Crippen molar-refractivity contribution in [2.75, 3.05) is 45.9 Å². The number of piperidine rings is 1. The Morgan fingerprint density at radius 3 is 2.75 bits per heavy atom. The minimum Gasteiger partial charge on any atom is -0.632 e. The van der Waals surface area contributed by atoms with Gasteiger partial charge in [0.2, 0.25) is 0 Å². The van der Waals surface area contributed by atoms with E-state index in [0.29, 0.717) is 13.1 Å². The summed E-state index contributed by atoms with van der Waals surface area (Å²) in [6.07, 6.45) is 3.78. The summed E-state index contributed by atoms with van der Waals surface area (Å²) in [5.74, 6) is -0.347. The Bertz CT molecular complexity index is 254. The van der Waals surface area contributed by atoms with E-state index >= 15 is 0 Å². The maximum absolute atomic E-state index is 12.2. The Balaban J connectivity index is 1.76. The van der Waals surface area contributed by atoms with Crippen molar-refractivity contribution in [3.63, 3.8) is 0 Å². The molecule has 1 unspecified atom stereocenters. The second-order valence-electron chi connectivity index (χ2n) is 4.79. The van der Waals surface area contributed by atoms with Gasteiger partial charge in [0.1, 0.15) is 13.2 Å². The van der Waals surface area contributed by atoms with Crippen molar-refractivity contribution in [2.24, 2.45) is 0 Å². The van der Waals surface area contributed by atoms with Crippen LogP contribution in [0.25, 0.3) is 0 Å². The third-order valence-electron chi connectivity index (χ3n) is 3.45. The Morgan fingerprint density at radius 2 is 2.06 bits per heavy atom. The molecule has 0 saturated carbocycles. The predicted octanol–water partition coefficient (Wildman–Crippen LogP) is 0.344. The van der Waals surface area contributed by atoms with Gasteiger partial charge >= 0.3 is 5.97 Å². The topological polar surface area (TPSA) is 52.6 Å². The van der Waals surface area contributed by atoms with Crippen LogP contribution in [0.2, 0.25) is 0 Å². The fourth-order valence-corrected chi connectivity index (χ4v) is 2.38. The van der Waals surface area contributed by atoms with E-state index in [0.717, 1.165) is 19.6 Å². The summed E-state index contributed by atoms with van der Waals surface area (Å²) in [5.41, 5.74) is 0. The average molecular weight is 228 g/mol. The number of hydroxylamine groups is 3. The molecule has 2 rings (SSSR count). The standard InChI is InChI=1S/C11H20N2O3/c14-11-10-13(15,8-9-16-11)7-6-12-4-2-1-3-5-12/h1-10H2. The maximum Gasteiger partial charge on any atom is 0.362 e. The first kappa shape index (κ1) is 11.8. The number of likely N-dealkylation sites (tertiary alicyclic amines) is 1. The highest BCUT2D eigenvalue weighted by molar-refractivity contribution is 5.71. The van der Waals surface area contributed by atoms with E-state index in [-0.39, 0.29) is 19.1 Å². The number of quaternary nitrogens is 1. The lowest BCUT2D eigenvalue weighted by molar-refractivity contribution is -0.877. The first-order chi connectivity index (χ1) is 7.68. The van der Waals surface area contributed by atoms with E-state index in [1.807, 2.05) is 0 Å². The number of morpholine rings is 1. The van der Waals surface area contributed by atoms with Gasteiger partial charge in [0.15, 0.2) is 6.54 Å². The molecule has 0 N–H and O–H groups in total.